The van der Waals surface area contributed by atoms with Crippen molar-refractivity contribution in [3.63, 3.8) is 0 Å². The number of nitro groups is 1. The van der Waals surface area contributed by atoms with Crippen LogP contribution < -0.4 is 4.73 Å². The van der Waals surface area contributed by atoms with E-state index in [1.54, 1.807) is 6.07 Å². The normalized spacial score (nSPS) is 10.5. The van der Waals surface area contributed by atoms with Gasteiger partial charge in [0.2, 0.25) is 12.4 Å². The fourth-order valence-corrected chi connectivity index (χ4v) is 1.74. The van der Waals surface area contributed by atoms with Crippen LogP contribution in [0, 0.1) is 10.1 Å². The molecule has 2 aromatic rings. The molecular formula is C9H6ClN2O3+. The third-order valence-corrected chi connectivity index (χ3v) is 2.31. The molecule has 1 heterocycles. The quantitative estimate of drug-likeness (QED) is 0.349. The van der Waals surface area contributed by atoms with Crippen molar-refractivity contribution in [3.05, 3.63) is 45.7 Å². The molecule has 0 unspecified atom stereocenters. The summed E-state index contributed by atoms with van der Waals surface area (Å²) in [6.07, 6.45) is 2.56. The van der Waals surface area contributed by atoms with Crippen molar-refractivity contribution in [2.24, 2.45) is 0 Å². The third kappa shape index (κ3) is 1.57. The summed E-state index contributed by atoms with van der Waals surface area (Å²) in [4.78, 5) is 10.2. The van der Waals surface area contributed by atoms with Gasteiger partial charge in [-0.3, -0.25) is 15.3 Å². The molecule has 0 amide bonds. The first-order chi connectivity index (χ1) is 7.09. The van der Waals surface area contributed by atoms with Crippen molar-refractivity contribution in [2.45, 2.75) is 0 Å². The summed E-state index contributed by atoms with van der Waals surface area (Å²) < 4.78 is 0.772. The fourth-order valence-electron chi connectivity index (χ4n) is 1.44. The Morgan fingerprint density at radius 2 is 2.13 bits per heavy atom. The van der Waals surface area contributed by atoms with E-state index in [1.165, 1.54) is 24.5 Å². The molecule has 6 heteroatoms. The summed E-state index contributed by atoms with van der Waals surface area (Å²) in [5, 5.41) is 20.9. The highest BCUT2D eigenvalue weighted by molar-refractivity contribution is 6.36. The van der Waals surface area contributed by atoms with Crippen LogP contribution in [0.2, 0.25) is 5.02 Å². The summed E-state index contributed by atoms with van der Waals surface area (Å²) in [7, 11) is 0. The molecule has 0 saturated carbocycles. The molecule has 0 aliphatic rings. The predicted octanol–water partition coefficient (Wildman–Crippen LogP) is 1.93. The van der Waals surface area contributed by atoms with Crippen molar-refractivity contribution in [1.82, 2.24) is 0 Å². The molecule has 76 valence electrons. The molecule has 0 aliphatic heterocycles. The van der Waals surface area contributed by atoms with Gasteiger partial charge in [0.25, 0.3) is 5.69 Å². The van der Waals surface area contributed by atoms with Crippen LogP contribution in [-0.2, 0) is 0 Å². The van der Waals surface area contributed by atoms with Gasteiger partial charge in [0.05, 0.1) is 15.7 Å². The van der Waals surface area contributed by atoms with E-state index in [-0.39, 0.29) is 10.7 Å². The molecule has 1 N–H and O–H groups in total. The van der Waals surface area contributed by atoms with Gasteiger partial charge in [-0.1, -0.05) is 17.7 Å². The number of pyridine rings is 1. The zero-order valence-electron chi connectivity index (χ0n) is 7.42. The molecule has 0 atom stereocenters. The number of halogens is 1. The molecule has 0 radical (unpaired) electrons. The van der Waals surface area contributed by atoms with Crippen LogP contribution in [0.1, 0.15) is 0 Å². The largest absolute Gasteiger partial charge is 0.285 e. The highest BCUT2D eigenvalue weighted by Crippen LogP contribution is 2.30. The zero-order valence-corrected chi connectivity index (χ0v) is 8.18. The van der Waals surface area contributed by atoms with Gasteiger partial charge in [0.15, 0.2) is 0 Å². The Kier molecular flexibility index (Phi) is 2.17. The number of non-ortho nitro benzene ring substituents is 1. The molecule has 0 spiro atoms. The number of rotatable bonds is 1. The van der Waals surface area contributed by atoms with Gasteiger partial charge in [-0.25, -0.2) is 0 Å². The summed E-state index contributed by atoms with van der Waals surface area (Å²) in [6.45, 7) is 0. The first-order valence-corrected chi connectivity index (χ1v) is 4.44. The number of nitrogens with zero attached hydrogens (tertiary/aromatic N) is 2. The molecule has 1 aromatic heterocycles. The topological polar surface area (TPSA) is 67.2 Å². The third-order valence-electron chi connectivity index (χ3n) is 2.03. The highest BCUT2D eigenvalue weighted by atomic mass is 35.5. The van der Waals surface area contributed by atoms with Crippen LogP contribution in [-0.4, -0.2) is 10.1 Å². The van der Waals surface area contributed by atoms with Crippen LogP contribution in [0.3, 0.4) is 0 Å². The lowest BCUT2D eigenvalue weighted by Gasteiger charge is -1.98. The maximum atomic E-state index is 10.7. The Labute approximate surface area is 89.2 Å². The van der Waals surface area contributed by atoms with Crippen LogP contribution in [0.5, 0.6) is 0 Å². The Morgan fingerprint density at radius 1 is 1.40 bits per heavy atom. The van der Waals surface area contributed by atoms with Gasteiger partial charge in [0, 0.05) is 10.8 Å². The standard InChI is InChI=1S/C9H6ClN2O3/c10-7-5-11(13)4-6-2-1-3-8(9(6)7)12(14)15/h1-5,13H/q+1. The Bertz CT molecular complexity index is 556. The van der Waals surface area contributed by atoms with Crippen molar-refractivity contribution >= 4 is 28.1 Å². The fraction of sp³-hybridized carbons (Fsp3) is 0. The van der Waals surface area contributed by atoms with E-state index in [9.17, 15) is 15.3 Å². The summed E-state index contributed by atoms with van der Waals surface area (Å²) >= 11 is 5.83. The van der Waals surface area contributed by atoms with Crippen LogP contribution in [0.4, 0.5) is 5.69 Å². The van der Waals surface area contributed by atoms with E-state index in [0.29, 0.717) is 10.8 Å². The average molecular weight is 226 g/mol. The lowest BCUT2D eigenvalue weighted by atomic mass is 10.1. The molecule has 5 nitrogen and oxygen atoms in total. The lowest BCUT2D eigenvalue weighted by Crippen LogP contribution is -2.28. The molecule has 1 aromatic carbocycles. The maximum absolute atomic E-state index is 10.7. The minimum atomic E-state index is -0.504. The molecular weight excluding hydrogens is 220 g/mol. The molecule has 2 rings (SSSR count). The predicted molar refractivity (Wildman–Crippen MR) is 53.0 cm³/mol. The van der Waals surface area contributed by atoms with Crippen LogP contribution in [0.15, 0.2) is 30.6 Å². The van der Waals surface area contributed by atoms with Gasteiger partial charge >= 0.3 is 0 Å². The monoisotopic (exact) mass is 225 g/mol. The number of nitro benzene ring substituents is 1. The average Bonchev–Trinajstić information content (AvgIpc) is 2.16. The molecule has 0 saturated heterocycles. The van der Waals surface area contributed by atoms with Gasteiger partial charge in [-0.05, 0) is 6.07 Å². The second-order valence-electron chi connectivity index (χ2n) is 2.98. The van der Waals surface area contributed by atoms with E-state index in [4.69, 9.17) is 11.6 Å². The number of aromatic nitrogens is 1. The molecule has 0 aliphatic carbocycles. The number of benzene rings is 1. The van der Waals surface area contributed by atoms with E-state index in [1.807, 2.05) is 0 Å². The lowest BCUT2D eigenvalue weighted by molar-refractivity contribution is -0.903. The SMILES string of the molecule is O=[N+]([O-])c1cccc2c[n+](O)cc(Cl)c12. The smallest absolute Gasteiger partial charge is 0.279 e. The Morgan fingerprint density at radius 3 is 2.80 bits per heavy atom. The zero-order chi connectivity index (χ0) is 11.0. The van der Waals surface area contributed by atoms with E-state index >= 15 is 0 Å². The van der Waals surface area contributed by atoms with Crippen LogP contribution >= 0.6 is 11.6 Å². The van der Waals surface area contributed by atoms with Gasteiger partial charge in [-0.2, -0.15) is 0 Å². The van der Waals surface area contributed by atoms with Crippen molar-refractivity contribution < 1.29 is 14.9 Å². The van der Waals surface area contributed by atoms with Crippen LogP contribution in [0.25, 0.3) is 10.8 Å². The minimum absolute atomic E-state index is 0.0712. The second-order valence-corrected chi connectivity index (χ2v) is 3.39. The number of hydrogen-bond acceptors (Lipinski definition) is 3. The van der Waals surface area contributed by atoms with E-state index < -0.39 is 4.92 Å². The molecule has 0 fully saturated rings. The maximum Gasteiger partial charge on any atom is 0.279 e. The van der Waals surface area contributed by atoms with E-state index in [0.717, 1.165) is 4.73 Å². The Hall–Kier alpha value is -1.88. The van der Waals surface area contributed by atoms with E-state index in [2.05, 4.69) is 0 Å². The molecule has 15 heavy (non-hydrogen) atoms. The van der Waals surface area contributed by atoms with Gasteiger partial charge in [-0.15, -0.1) is 0 Å². The minimum Gasteiger partial charge on any atom is -0.285 e. The first-order valence-electron chi connectivity index (χ1n) is 4.07. The summed E-state index contributed by atoms with van der Waals surface area (Å²) in [5.41, 5.74) is -0.0712. The summed E-state index contributed by atoms with van der Waals surface area (Å²) in [5.74, 6) is 0. The van der Waals surface area contributed by atoms with Crippen molar-refractivity contribution in [3.8, 4) is 0 Å². The number of fused-ring (bicyclic) bond motifs is 1. The summed E-state index contributed by atoms with van der Waals surface area (Å²) in [6, 6.07) is 4.55. The van der Waals surface area contributed by atoms with Crippen molar-refractivity contribution in [1.29, 1.82) is 0 Å². The second kappa shape index (κ2) is 3.36. The first kappa shape index (κ1) is 9.67. The Balaban J connectivity index is 2.91. The highest BCUT2D eigenvalue weighted by Gasteiger charge is 2.18. The van der Waals surface area contributed by atoms with Gasteiger partial charge in [0.1, 0.15) is 5.02 Å². The van der Waals surface area contributed by atoms with Crippen molar-refractivity contribution in [2.75, 3.05) is 0 Å². The molecule has 0 bridgehead atoms. The van der Waals surface area contributed by atoms with Gasteiger partial charge < -0.3 is 0 Å². The number of hydrogen-bond donors (Lipinski definition) is 1.